The molecule has 0 bridgehead atoms. The lowest BCUT2D eigenvalue weighted by Crippen LogP contribution is -2.52. The monoisotopic (exact) mass is 216 g/mol. The smallest absolute Gasteiger partial charge is 0.328 e. The Morgan fingerprint density at radius 1 is 1.47 bits per heavy atom. The molecule has 1 aliphatic rings. The average molecular weight is 216 g/mol. The third-order valence-electron chi connectivity index (χ3n) is 2.42. The van der Waals surface area contributed by atoms with Crippen molar-refractivity contribution in [2.75, 3.05) is 13.2 Å². The number of aliphatic hydroxyl groups is 1. The quantitative estimate of drug-likeness (QED) is 0.467. The summed E-state index contributed by atoms with van der Waals surface area (Å²) in [5, 5.41) is 22.6. The molecule has 6 heteroatoms. The molecule has 0 aliphatic carbocycles. The normalized spacial score (nSPS) is 23.1. The fourth-order valence-electron chi connectivity index (χ4n) is 1.53. The first kappa shape index (κ1) is 11.9. The fourth-order valence-corrected chi connectivity index (χ4v) is 1.53. The number of carboxylic acids is 1. The molecule has 0 aromatic rings. The minimum Gasteiger partial charge on any atom is -0.480 e. The van der Waals surface area contributed by atoms with Gasteiger partial charge in [0.25, 0.3) is 0 Å². The molecule has 1 heterocycles. The van der Waals surface area contributed by atoms with E-state index in [9.17, 15) is 9.59 Å². The first-order chi connectivity index (χ1) is 7.15. The Morgan fingerprint density at radius 3 is 2.67 bits per heavy atom. The first-order valence-corrected chi connectivity index (χ1v) is 5.02. The standard InChI is InChI=1S/C9H16N2O4/c12-5-7(9(14)15)11-8(13)6-3-1-2-4-10-6/h6-7,10,12H,1-5H2,(H,11,13)(H,14,15). The van der Waals surface area contributed by atoms with Crippen LogP contribution in [0.5, 0.6) is 0 Å². The molecule has 0 aromatic carbocycles. The second-order valence-corrected chi connectivity index (χ2v) is 3.58. The molecule has 6 nitrogen and oxygen atoms in total. The molecular weight excluding hydrogens is 200 g/mol. The molecule has 1 fully saturated rings. The molecule has 86 valence electrons. The zero-order valence-corrected chi connectivity index (χ0v) is 8.40. The maximum atomic E-state index is 11.5. The van der Waals surface area contributed by atoms with Crippen LogP contribution in [0.3, 0.4) is 0 Å². The van der Waals surface area contributed by atoms with E-state index >= 15 is 0 Å². The van der Waals surface area contributed by atoms with E-state index in [1.165, 1.54) is 0 Å². The number of carbonyl (C=O) groups is 2. The van der Waals surface area contributed by atoms with Crippen LogP contribution in [0, 0.1) is 0 Å². The van der Waals surface area contributed by atoms with Gasteiger partial charge in [0.15, 0.2) is 0 Å². The Kier molecular flexibility index (Phi) is 4.51. The van der Waals surface area contributed by atoms with Gasteiger partial charge in [-0.15, -0.1) is 0 Å². The lowest BCUT2D eigenvalue weighted by Gasteiger charge is -2.23. The summed E-state index contributed by atoms with van der Waals surface area (Å²) in [5.41, 5.74) is 0. The summed E-state index contributed by atoms with van der Waals surface area (Å²) >= 11 is 0. The van der Waals surface area contributed by atoms with Gasteiger partial charge in [0.05, 0.1) is 12.6 Å². The van der Waals surface area contributed by atoms with Gasteiger partial charge in [-0.3, -0.25) is 4.79 Å². The number of carboxylic acid groups (broad SMARTS) is 1. The summed E-state index contributed by atoms with van der Waals surface area (Å²) in [6, 6.07) is -1.53. The Hall–Kier alpha value is -1.14. The number of piperidine rings is 1. The van der Waals surface area contributed by atoms with Crippen LogP contribution in [-0.4, -0.2) is 47.3 Å². The van der Waals surface area contributed by atoms with E-state index in [1.807, 2.05) is 0 Å². The summed E-state index contributed by atoms with van der Waals surface area (Å²) < 4.78 is 0. The van der Waals surface area contributed by atoms with Crippen molar-refractivity contribution in [1.82, 2.24) is 10.6 Å². The van der Waals surface area contributed by atoms with Gasteiger partial charge in [0.2, 0.25) is 5.91 Å². The van der Waals surface area contributed by atoms with Crippen LogP contribution in [0.25, 0.3) is 0 Å². The average Bonchev–Trinajstić information content (AvgIpc) is 2.26. The van der Waals surface area contributed by atoms with Gasteiger partial charge >= 0.3 is 5.97 Å². The van der Waals surface area contributed by atoms with Crippen molar-refractivity contribution in [3.05, 3.63) is 0 Å². The second-order valence-electron chi connectivity index (χ2n) is 3.58. The maximum absolute atomic E-state index is 11.5. The lowest BCUT2D eigenvalue weighted by atomic mass is 10.0. The zero-order chi connectivity index (χ0) is 11.3. The van der Waals surface area contributed by atoms with E-state index in [2.05, 4.69) is 10.6 Å². The molecule has 2 unspecified atom stereocenters. The molecular formula is C9H16N2O4. The molecule has 0 radical (unpaired) electrons. The highest BCUT2D eigenvalue weighted by Crippen LogP contribution is 2.06. The van der Waals surface area contributed by atoms with Gasteiger partial charge in [-0.2, -0.15) is 0 Å². The van der Waals surface area contributed by atoms with Crippen LogP contribution >= 0.6 is 0 Å². The second kappa shape index (κ2) is 5.67. The van der Waals surface area contributed by atoms with Crippen molar-refractivity contribution in [3.8, 4) is 0 Å². The van der Waals surface area contributed by atoms with Crippen molar-refractivity contribution in [3.63, 3.8) is 0 Å². The predicted octanol–water partition coefficient (Wildman–Crippen LogP) is -1.31. The number of rotatable bonds is 4. The molecule has 1 saturated heterocycles. The van der Waals surface area contributed by atoms with Gasteiger partial charge < -0.3 is 20.8 Å². The molecule has 0 spiro atoms. The van der Waals surface area contributed by atoms with Crippen molar-refractivity contribution in [2.24, 2.45) is 0 Å². The summed E-state index contributed by atoms with van der Waals surface area (Å²) in [7, 11) is 0. The summed E-state index contributed by atoms with van der Waals surface area (Å²) in [5.74, 6) is -1.57. The molecule has 1 aliphatic heterocycles. The van der Waals surface area contributed by atoms with Gasteiger partial charge in [-0.05, 0) is 19.4 Å². The van der Waals surface area contributed by atoms with Crippen LogP contribution in [-0.2, 0) is 9.59 Å². The number of carbonyl (C=O) groups excluding carboxylic acids is 1. The number of hydrogen-bond acceptors (Lipinski definition) is 4. The first-order valence-electron chi connectivity index (χ1n) is 5.02. The van der Waals surface area contributed by atoms with Crippen molar-refractivity contribution in [2.45, 2.75) is 31.3 Å². The highest BCUT2D eigenvalue weighted by atomic mass is 16.4. The number of aliphatic hydroxyl groups excluding tert-OH is 1. The largest absolute Gasteiger partial charge is 0.480 e. The Morgan fingerprint density at radius 2 is 2.20 bits per heavy atom. The number of aliphatic carboxylic acids is 1. The minimum absolute atomic E-state index is 0.327. The van der Waals surface area contributed by atoms with Crippen LogP contribution in [0.2, 0.25) is 0 Å². The SMILES string of the molecule is O=C(O)C(CO)NC(=O)C1CCCCN1. The fraction of sp³-hybridized carbons (Fsp3) is 0.778. The lowest BCUT2D eigenvalue weighted by molar-refractivity contribution is -0.143. The number of nitrogens with one attached hydrogen (secondary N) is 2. The van der Waals surface area contributed by atoms with Crippen LogP contribution in [0.15, 0.2) is 0 Å². The molecule has 15 heavy (non-hydrogen) atoms. The van der Waals surface area contributed by atoms with Gasteiger partial charge in [0, 0.05) is 0 Å². The molecule has 1 amide bonds. The maximum Gasteiger partial charge on any atom is 0.328 e. The van der Waals surface area contributed by atoms with Crippen molar-refractivity contribution in [1.29, 1.82) is 0 Å². The van der Waals surface area contributed by atoms with E-state index in [-0.39, 0.29) is 11.9 Å². The predicted molar refractivity (Wildman–Crippen MR) is 52.3 cm³/mol. The zero-order valence-electron chi connectivity index (χ0n) is 8.40. The Balaban J connectivity index is 2.42. The summed E-state index contributed by atoms with van der Waals surface area (Å²) in [6.45, 7) is 0.183. The summed E-state index contributed by atoms with van der Waals surface area (Å²) in [4.78, 5) is 22.1. The van der Waals surface area contributed by atoms with Gasteiger partial charge in [0.1, 0.15) is 6.04 Å². The molecule has 2 atom stereocenters. The van der Waals surface area contributed by atoms with Gasteiger partial charge in [-0.25, -0.2) is 4.79 Å². The third-order valence-corrected chi connectivity index (χ3v) is 2.42. The molecule has 4 N–H and O–H groups in total. The topological polar surface area (TPSA) is 98.7 Å². The van der Waals surface area contributed by atoms with E-state index in [1.54, 1.807) is 0 Å². The Bertz CT molecular complexity index is 238. The number of amides is 1. The highest BCUT2D eigenvalue weighted by Gasteiger charge is 2.25. The number of hydrogen-bond donors (Lipinski definition) is 4. The van der Waals surface area contributed by atoms with E-state index in [0.717, 1.165) is 19.4 Å². The van der Waals surface area contributed by atoms with E-state index in [4.69, 9.17) is 10.2 Å². The highest BCUT2D eigenvalue weighted by molar-refractivity contribution is 5.87. The molecule has 0 aromatic heterocycles. The molecule has 1 rings (SSSR count). The van der Waals surface area contributed by atoms with Crippen LogP contribution < -0.4 is 10.6 Å². The molecule has 0 saturated carbocycles. The van der Waals surface area contributed by atoms with Gasteiger partial charge in [-0.1, -0.05) is 6.42 Å². The van der Waals surface area contributed by atoms with Crippen molar-refractivity contribution < 1.29 is 19.8 Å². The summed E-state index contributed by atoms with van der Waals surface area (Å²) in [6.07, 6.45) is 2.71. The van der Waals surface area contributed by atoms with E-state index in [0.29, 0.717) is 6.42 Å². The minimum atomic E-state index is -1.22. The van der Waals surface area contributed by atoms with E-state index < -0.39 is 18.6 Å². The van der Waals surface area contributed by atoms with Crippen LogP contribution in [0.4, 0.5) is 0 Å². The van der Waals surface area contributed by atoms with Crippen molar-refractivity contribution >= 4 is 11.9 Å². The third kappa shape index (κ3) is 3.49. The Labute approximate surface area is 87.7 Å². The van der Waals surface area contributed by atoms with Crippen LogP contribution in [0.1, 0.15) is 19.3 Å².